The summed E-state index contributed by atoms with van der Waals surface area (Å²) in [5.41, 5.74) is 1.39. The second kappa shape index (κ2) is 7.91. The monoisotopic (exact) mass is 279 g/mol. The number of hydrogen-bond acceptors (Lipinski definition) is 1. The summed E-state index contributed by atoms with van der Waals surface area (Å²) in [6.07, 6.45) is 9.25. The zero-order chi connectivity index (χ0) is 13.5. The highest BCUT2D eigenvalue weighted by molar-refractivity contribution is 6.30. The topological polar surface area (TPSA) is 12.0 Å². The van der Waals surface area contributed by atoms with Gasteiger partial charge in [0.1, 0.15) is 0 Å². The van der Waals surface area contributed by atoms with Crippen LogP contribution in [0.1, 0.15) is 51.0 Å². The van der Waals surface area contributed by atoms with E-state index in [-0.39, 0.29) is 0 Å². The van der Waals surface area contributed by atoms with Crippen molar-refractivity contribution in [3.8, 4) is 0 Å². The molecule has 0 saturated heterocycles. The molecule has 106 valence electrons. The first-order chi connectivity index (χ1) is 9.29. The summed E-state index contributed by atoms with van der Waals surface area (Å²) in [5, 5.41) is 4.63. The van der Waals surface area contributed by atoms with E-state index in [0.717, 1.165) is 17.5 Å². The van der Waals surface area contributed by atoms with Crippen LogP contribution in [0, 0.1) is 5.92 Å². The molecule has 2 rings (SSSR count). The van der Waals surface area contributed by atoms with Gasteiger partial charge in [0.25, 0.3) is 0 Å². The first kappa shape index (κ1) is 14.9. The first-order valence-electron chi connectivity index (χ1n) is 7.77. The Kier molecular flexibility index (Phi) is 6.19. The minimum absolute atomic E-state index is 0.696. The van der Waals surface area contributed by atoms with Crippen LogP contribution in [0.5, 0.6) is 0 Å². The molecule has 2 heteroatoms. The number of rotatable bonds is 5. The average Bonchev–Trinajstić information content (AvgIpc) is 2.62. The van der Waals surface area contributed by atoms with E-state index in [0.29, 0.717) is 6.04 Å². The van der Waals surface area contributed by atoms with Crippen LogP contribution in [0.3, 0.4) is 0 Å². The van der Waals surface area contributed by atoms with Gasteiger partial charge >= 0.3 is 0 Å². The second-order valence-corrected chi connectivity index (χ2v) is 6.23. The Morgan fingerprint density at radius 1 is 1.21 bits per heavy atom. The molecule has 0 aromatic heterocycles. The summed E-state index contributed by atoms with van der Waals surface area (Å²) < 4.78 is 0. The molecule has 2 atom stereocenters. The third kappa shape index (κ3) is 4.81. The Labute approximate surface area is 122 Å². The van der Waals surface area contributed by atoms with Crippen LogP contribution in [-0.4, -0.2) is 12.6 Å². The standard InChI is InChI=1S/C17H26ClN/c1-2-11-19-17-10-5-3-4-8-15(17)12-14-7-6-9-16(18)13-14/h6-7,9,13,15,17,19H,2-5,8,10-12H2,1H3. The van der Waals surface area contributed by atoms with Gasteiger partial charge in [0.2, 0.25) is 0 Å². The highest BCUT2D eigenvalue weighted by atomic mass is 35.5. The molecule has 2 unspecified atom stereocenters. The Morgan fingerprint density at radius 2 is 2.05 bits per heavy atom. The SMILES string of the molecule is CCCNC1CCCCCC1Cc1cccc(Cl)c1. The summed E-state index contributed by atoms with van der Waals surface area (Å²) in [4.78, 5) is 0. The van der Waals surface area contributed by atoms with E-state index in [4.69, 9.17) is 11.6 Å². The van der Waals surface area contributed by atoms with Crippen molar-refractivity contribution < 1.29 is 0 Å². The largest absolute Gasteiger partial charge is 0.314 e. The van der Waals surface area contributed by atoms with Crippen molar-refractivity contribution >= 4 is 11.6 Å². The van der Waals surface area contributed by atoms with E-state index in [1.807, 2.05) is 6.07 Å². The van der Waals surface area contributed by atoms with Gasteiger partial charge < -0.3 is 5.32 Å². The van der Waals surface area contributed by atoms with Crippen molar-refractivity contribution in [3.63, 3.8) is 0 Å². The van der Waals surface area contributed by atoms with Gasteiger partial charge in [-0.2, -0.15) is 0 Å². The minimum Gasteiger partial charge on any atom is -0.314 e. The zero-order valence-electron chi connectivity index (χ0n) is 12.0. The first-order valence-corrected chi connectivity index (χ1v) is 8.15. The minimum atomic E-state index is 0.696. The van der Waals surface area contributed by atoms with E-state index in [1.54, 1.807) is 0 Å². The average molecular weight is 280 g/mol. The molecular formula is C17H26ClN. The van der Waals surface area contributed by atoms with Crippen LogP contribution in [0.15, 0.2) is 24.3 Å². The molecule has 0 aliphatic heterocycles. The van der Waals surface area contributed by atoms with E-state index in [1.165, 1.54) is 50.5 Å². The maximum atomic E-state index is 6.10. The molecule has 1 aliphatic rings. The highest BCUT2D eigenvalue weighted by Crippen LogP contribution is 2.27. The Morgan fingerprint density at radius 3 is 2.84 bits per heavy atom. The molecule has 1 aromatic carbocycles. The molecule has 0 heterocycles. The highest BCUT2D eigenvalue weighted by Gasteiger charge is 2.23. The lowest BCUT2D eigenvalue weighted by atomic mass is 9.88. The van der Waals surface area contributed by atoms with Crippen LogP contribution < -0.4 is 5.32 Å². The zero-order valence-corrected chi connectivity index (χ0v) is 12.8. The van der Waals surface area contributed by atoms with Crippen molar-refractivity contribution in [1.82, 2.24) is 5.32 Å². The van der Waals surface area contributed by atoms with Crippen LogP contribution in [-0.2, 0) is 6.42 Å². The third-order valence-electron chi connectivity index (χ3n) is 4.20. The smallest absolute Gasteiger partial charge is 0.0408 e. The predicted molar refractivity (Wildman–Crippen MR) is 83.8 cm³/mol. The van der Waals surface area contributed by atoms with Gasteiger partial charge in [-0.05, 0) is 55.8 Å². The van der Waals surface area contributed by atoms with Gasteiger partial charge in [-0.25, -0.2) is 0 Å². The van der Waals surface area contributed by atoms with Gasteiger partial charge in [0.05, 0.1) is 0 Å². The number of halogens is 1. The van der Waals surface area contributed by atoms with Gasteiger partial charge in [0, 0.05) is 11.1 Å². The van der Waals surface area contributed by atoms with Gasteiger partial charge in [-0.1, -0.05) is 49.9 Å². The van der Waals surface area contributed by atoms with E-state index in [2.05, 4.69) is 30.4 Å². The molecule has 0 radical (unpaired) electrons. The van der Waals surface area contributed by atoms with Crippen LogP contribution in [0.25, 0.3) is 0 Å². The third-order valence-corrected chi connectivity index (χ3v) is 4.44. The van der Waals surface area contributed by atoms with Gasteiger partial charge in [-0.3, -0.25) is 0 Å². The maximum absolute atomic E-state index is 6.10. The van der Waals surface area contributed by atoms with Crippen LogP contribution >= 0.6 is 11.6 Å². The van der Waals surface area contributed by atoms with Crippen LogP contribution in [0.2, 0.25) is 5.02 Å². The second-order valence-electron chi connectivity index (χ2n) is 5.79. The van der Waals surface area contributed by atoms with Gasteiger partial charge in [0.15, 0.2) is 0 Å². The molecule has 1 N–H and O–H groups in total. The normalized spacial score (nSPS) is 24.1. The molecular weight excluding hydrogens is 254 g/mol. The summed E-state index contributed by atoms with van der Waals surface area (Å²) in [6, 6.07) is 9.08. The Bertz CT molecular complexity index is 377. The van der Waals surface area contributed by atoms with Crippen molar-refractivity contribution in [3.05, 3.63) is 34.9 Å². The molecule has 19 heavy (non-hydrogen) atoms. The summed E-state index contributed by atoms with van der Waals surface area (Å²) in [7, 11) is 0. The van der Waals surface area contributed by atoms with Crippen molar-refractivity contribution in [2.75, 3.05) is 6.54 Å². The molecule has 0 amide bonds. The van der Waals surface area contributed by atoms with E-state index >= 15 is 0 Å². The fourth-order valence-electron chi connectivity index (χ4n) is 3.19. The van der Waals surface area contributed by atoms with Crippen molar-refractivity contribution in [2.45, 2.75) is 57.9 Å². The lowest BCUT2D eigenvalue weighted by molar-refractivity contribution is 0.332. The van der Waals surface area contributed by atoms with Gasteiger partial charge in [-0.15, -0.1) is 0 Å². The number of nitrogens with one attached hydrogen (secondary N) is 1. The summed E-state index contributed by atoms with van der Waals surface area (Å²) in [6.45, 7) is 3.40. The molecule has 1 aromatic rings. The summed E-state index contributed by atoms with van der Waals surface area (Å²) in [5.74, 6) is 0.771. The molecule has 1 saturated carbocycles. The molecule has 1 nitrogen and oxygen atoms in total. The number of benzene rings is 1. The number of hydrogen-bond donors (Lipinski definition) is 1. The quantitative estimate of drug-likeness (QED) is 0.761. The Balaban J connectivity index is 2.00. The lowest BCUT2D eigenvalue weighted by Crippen LogP contribution is -2.37. The molecule has 0 bridgehead atoms. The van der Waals surface area contributed by atoms with Crippen molar-refractivity contribution in [1.29, 1.82) is 0 Å². The van der Waals surface area contributed by atoms with E-state index in [9.17, 15) is 0 Å². The lowest BCUT2D eigenvalue weighted by Gasteiger charge is -2.26. The van der Waals surface area contributed by atoms with Crippen LogP contribution in [0.4, 0.5) is 0 Å². The predicted octanol–water partition coefficient (Wildman–Crippen LogP) is 4.83. The Hall–Kier alpha value is -0.530. The maximum Gasteiger partial charge on any atom is 0.0408 e. The molecule has 1 fully saturated rings. The fraction of sp³-hybridized carbons (Fsp3) is 0.647. The molecule has 1 aliphatic carbocycles. The van der Waals surface area contributed by atoms with Crippen molar-refractivity contribution in [2.24, 2.45) is 5.92 Å². The molecule has 0 spiro atoms. The summed E-state index contributed by atoms with van der Waals surface area (Å²) >= 11 is 6.10. The van der Waals surface area contributed by atoms with E-state index < -0.39 is 0 Å². The fourth-order valence-corrected chi connectivity index (χ4v) is 3.41.